The number of nitrogens with one attached hydrogen (secondary N) is 1. The first-order valence-corrected chi connectivity index (χ1v) is 3.48. The molecule has 0 aliphatic carbocycles. The van der Waals surface area contributed by atoms with Crippen LogP contribution in [0.2, 0.25) is 0 Å². The second kappa shape index (κ2) is 7.73. The van der Waals surface area contributed by atoms with Crippen LogP contribution in [0.25, 0.3) is 0 Å². The molecule has 0 atom stereocenters. The summed E-state index contributed by atoms with van der Waals surface area (Å²) in [6.07, 6.45) is 5.74. The van der Waals surface area contributed by atoms with E-state index in [9.17, 15) is 0 Å². The molecule has 0 unspecified atom stereocenters. The molecular weight excluding hydrogens is 134 g/mol. The average molecular weight is 146 g/mol. The lowest BCUT2D eigenvalue weighted by molar-refractivity contribution is 0.843. The molecule has 0 fully saturated rings. The van der Waals surface area contributed by atoms with Gasteiger partial charge in [-0.25, -0.2) is 0 Å². The van der Waals surface area contributed by atoms with E-state index in [1.54, 1.807) is 0 Å². The molecule has 1 N–H and O–H groups in total. The van der Waals surface area contributed by atoms with Gasteiger partial charge in [-0.2, -0.15) is 0 Å². The quantitative estimate of drug-likeness (QED) is 0.352. The van der Waals surface area contributed by atoms with E-state index >= 15 is 0 Å². The summed E-state index contributed by atoms with van der Waals surface area (Å²) < 4.78 is 0. The van der Waals surface area contributed by atoms with Crippen molar-refractivity contribution in [3.63, 3.8) is 0 Å². The van der Waals surface area contributed by atoms with Crippen LogP contribution in [0, 0.1) is 0 Å². The number of alkyl halides is 1. The maximum atomic E-state index is 5.38. The minimum Gasteiger partial charge on any atom is -0.310 e. The molecule has 0 rings (SSSR count). The van der Waals surface area contributed by atoms with Gasteiger partial charge in [0.05, 0.1) is 0 Å². The van der Waals surface area contributed by atoms with Gasteiger partial charge >= 0.3 is 0 Å². The molecule has 0 aliphatic heterocycles. The lowest BCUT2D eigenvalue weighted by Gasteiger charge is -1.91. The lowest BCUT2D eigenvalue weighted by Crippen LogP contribution is -2.12. The highest BCUT2D eigenvalue weighted by molar-refractivity contribution is 6.18. The third-order valence-electron chi connectivity index (χ3n) is 0.807. The van der Waals surface area contributed by atoms with Crippen LogP contribution in [-0.4, -0.2) is 19.0 Å². The fourth-order valence-corrected chi connectivity index (χ4v) is 0.541. The van der Waals surface area contributed by atoms with E-state index in [1.807, 2.05) is 18.2 Å². The third-order valence-corrected chi connectivity index (χ3v) is 0.985. The summed E-state index contributed by atoms with van der Waals surface area (Å²) >= 11 is 5.38. The van der Waals surface area contributed by atoms with E-state index in [4.69, 9.17) is 11.6 Å². The Kier molecular flexibility index (Phi) is 7.50. The Morgan fingerprint density at radius 2 is 2.11 bits per heavy atom. The summed E-state index contributed by atoms with van der Waals surface area (Å²) in [6.45, 7) is 5.29. The van der Waals surface area contributed by atoms with Crippen LogP contribution in [0.5, 0.6) is 0 Å². The Morgan fingerprint density at radius 1 is 1.33 bits per heavy atom. The summed E-state index contributed by atoms with van der Waals surface area (Å²) in [6, 6.07) is 0. The molecule has 0 heterocycles. The van der Waals surface area contributed by atoms with Crippen LogP contribution in [0.15, 0.2) is 24.8 Å². The maximum Gasteiger partial charge on any atom is 0.0404 e. The fraction of sp³-hybridized carbons (Fsp3) is 0.429. The van der Waals surface area contributed by atoms with E-state index in [-0.39, 0.29) is 0 Å². The topological polar surface area (TPSA) is 12.0 Å². The molecule has 0 radical (unpaired) electrons. The summed E-state index contributed by atoms with van der Waals surface area (Å²) in [5.41, 5.74) is 0. The first-order chi connectivity index (χ1) is 4.41. The molecule has 0 saturated heterocycles. The lowest BCUT2D eigenvalue weighted by atomic mass is 10.5. The number of rotatable bonds is 5. The van der Waals surface area contributed by atoms with Crippen molar-refractivity contribution in [3.8, 4) is 0 Å². The molecule has 0 aromatic rings. The predicted octanol–water partition coefficient (Wildman–Crippen LogP) is 1.56. The highest BCUT2D eigenvalue weighted by Crippen LogP contribution is 1.75. The largest absolute Gasteiger partial charge is 0.310 e. The maximum absolute atomic E-state index is 5.38. The summed E-state index contributed by atoms with van der Waals surface area (Å²) in [5, 5.41) is 3.11. The molecule has 0 aliphatic rings. The summed E-state index contributed by atoms with van der Waals surface area (Å²) in [5.74, 6) is 0.593. The van der Waals surface area contributed by atoms with Gasteiger partial charge < -0.3 is 5.32 Å². The van der Waals surface area contributed by atoms with Crippen molar-refractivity contribution in [1.82, 2.24) is 5.32 Å². The van der Waals surface area contributed by atoms with Gasteiger partial charge in [0.1, 0.15) is 0 Å². The van der Waals surface area contributed by atoms with E-state index in [0.717, 1.165) is 13.1 Å². The van der Waals surface area contributed by atoms with Gasteiger partial charge in [0.25, 0.3) is 0 Å². The van der Waals surface area contributed by atoms with Gasteiger partial charge in [-0.05, 0) is 0 Å². The highest BCUT2D eigenvalue weighted by atomic mass is 35.5. The highest BCUT2D eigenvalue weighted by Gasteiger charge is 1.73. The first kappa shape index (κ1) is 8.73. The van der Waals surface area contributed by atoms with Crippen LogP contribution in [-0.2, 0) is 0 Å². The van der Waals surface area contributed by atoms with Crippen molar-refractivity contribution in [2.75, 3.05) is 19.0 Å². The van der Waals surface area contributed by atoms with E-state index in [1.165, 1.54) is 0 Å². The zero-order chi connectivity index (χ0) is 6.95. The van der Waals surface area contributed by atoms with Crippen molar-refractivity contribution in [2.24, 2.45) is 0 Å². The van der Waals surface area contributed by atoms with Crippen molar-refractivity contribution >= 4 is 11.6 Å². The number of hydrogen-bond acceptors (Lipinski definition) is 1. The standard InChI is InChI=1S/C7H12ClN/c1-2-6-9-7-4-3-5-8/h2-4,9H,1,5-7H2/b4-3+. The Labute approximate surface area is 61.4 Å². The van der Waals surface area contributed by atoms with Gasteiger partial charge in [0, 0.05) is 19.0 Å². The minimum absolute atomic E-state index is 0.593. The Hall–Kier alpha value is -0.270. The van der Waals surface area contributed by atoms with Gasteiger partial charge in [0.15, 0.2) is 0 Å². The van der Waals surface area contributed by atoms with Crippen molar-refractivity contribution < 1.29 is 0 Å². The average Bonchev–Trinajstić information content (AvgIpc) is 1.89. The summed E-state index contributed by atoms with van der Waals surface area (Å²) in [4.78, 5) is 0. The number of halogens is 1. The smallest absolute Gasteiger partial charge is 0.0404 e. The SMILES string of the molecule is C=CCNC/C=C/CCl. The van der Waals surface area contributed by atoms with Gasteiger partial charge in [-0.3, -0.25) is 0 Å². The Morgan fingerprint density at radius 3 is 2.67 bits per heavy atom. The number of hydrogen-bond donors (Lipinski definition) is 1. The second-order valence-corrected chi connectivity index (χ2v) is 1.88. The first-order valence-electron chi connectivity index (χ1n) is 2.94. The molecule has 2 heteroatoms. The van der Waals surface area contributed by atoms with Crippen LogP contribution >= 0.6 is 11.6 Å². The van der Waals surface area contributed by atoms with Crippen molar-refractivity contribution in [3.05, 3.63) is 24.8 Å². The van der Waals surface area contributed by atoms with Crippen LogP contribution in [0.4, 0.5) is 0 Å². The molecule has 9 heavy (non-hydrogen) atoms. The molecule has 1 nitrogen and oxygen atoms in total. The molecular formula is C7H12ClN. The van der Waals surface area contributed by atoms with Gasteiger partial charge in [0.2, 0.25) is 0 Å². The molecule has 0 saturated carbocycles. The zero-order valence-electron chi connectivity index (χ0n) is 5.44. The van der Waals surface area contributed by atoms with E-state index in [2.05, 4.69) is 11.9 Å². The minimum atomic E-state index is 0.593. The molecule has 0 aromatic heterocycles. The normalized spacial score (nSPS) is 10.3. The van der Waals surface area contributed by atoms with Crippen molar-refractivity contribution in [1.29, 1.82) is 0 Å². The van der Waals surface area contributed by atoms with Crippen LogP contribution < -0.4 is 5.32 Å². The molecule has 0 aromatic carbocycles. The third kappa shape index (κ3) is 7.73. The Balaban J connectivity index is 2.90. The molecule has 52 valence electrons. The van der Waals surface area contributed by atoms with Crippen LogP contribution in [0.3, 0.4) is 0 Å². The second-order valence-electron chi connectivity index (χ2n) is 1.57. The molecule has 0 spiro atoms. The summed E-state index contributed by atoms with van der Waals surface area (Å²) in [7, 11) is 0. The van der Waals surface area contributed by atoms with Gasteiger partial charge in [-0.1, -0.05) is 18.2 Å². The van der Waals surface area contributed by atoms with E-state index < -0.39 is 0 Å². The Bertz CT molecular complexity index is 88.9. The zero-order valence-corrected chi connectivity index (χ0v) is 6.19. The molecule has 0 amide bonds. The monoisotopic (exact) mass is 145 g/mol. The van der Waals surface area contributed by atoms with Crippen LogP contribution in [0.1, 0.15) is 0 Å². The molecule has 0 bridgehead atoms. The fourth-order valence-electron chi connectivity index (χ4n) is 0.415. The number of allylic oxidation sites excluding steroid dienone is 1. The van der Waals surface area contributed by atoms with Crippen molar-refractivity contribution in [2.45, 2.75) is 0 Å². The van der Waals surface area contributed by atoms with E-state index in [0.29, 0.717) is 5.88 Å². The van der Waals surface area contributed by atoms with Gasteiger partial charge in [-0.15, -0.1) is 18.2 Å². The predicted molar refractivity (Wildman–Crippen MR) is 42.9 cm³/mol.